The Morgan fingerprint density at radius 2 is 0.773 bits per heavy atom. The van der Waals surface area contributed by atoms with Gasteiger partial charge in [-0.05, 0) is 140 Å². The largest absolute Gasteiger partial charge is 0.422 e. The van der Waals surface area contributed by atoms with Crippen LogP contribution in [0, 0.1) is 0 Å². The van der Waals surface area contributed by atoms with Gasteiger partial charge in [0.1, 0.15) is 11.2 Å². The Labute approximate surface area is 438 Å². The summed E-state index contributed by atoms with van der Waals surface area (Å²) >= 11 is 0. The van der Waals surface area contributed by atoms with E-state index in [1.54, 1.807) is 0 Å². The molecule has 0 amide bonds. The van der Waals surface area contributed by atoms with E-state index in [1.807, 2.05) is 0 Å². The van der Waals surface area contributed by atoms with E-state index in [-0.39, 0.29) is 32.9 Å². The smallest absolute Gasteiger partial charge is 0.344 e. The summed E-state index contributed by atoms with van der Waals surface area (Å²) < 4.78 is 15.1. The first-order chi connectivity index (χ1) is 35.9. The zero-order chi connectivity index (χ0) is 51.5. The van der Waals surface area contributed by atoms with Crippen molar-refractivity contribution in [3.05, 3.63) is 183 Å². The monoisotopic (exact) mass is 985 g/mol. The number of fused-ring (bicyclic) bond motifs is 7. The fourth-order valence-electron chi connectivity index (χ4n) is 13.6. The minimum Gasteiger partial charge on any atom is -0.422 e. The summed E-state index contributed by atoms with van der Waals surface area (Å²) in [6.45, 7) is 22.7. The molecule has 3 aromatic heterocycles. The van der Waals surface area contributed by atoms with Gasteiger partial charge in [-0.1, -0.05) is 146 Å². The Morgan fingerprint density at radius 3 is 1.19 bits per heavy atom. The lowest BCUT2D eigenvalue weighted by atomic mass is 9.69. The first-order valence-corrected chi connectivity index (χ1v) is 27.1. The van der Waals surface area contributed by atoms with E-state index in [0.29, 0.717) is 11.1 Å². The number of hydrogen-bond acceptors (Lipinski definition) is 6. The third-order valence-electron chi connectivity index (χ3n) is 18.3. The van der Waals surface area contributed by atoms with Crippen LogP contribution in [0.4, 0.5) is 11.4 Å². The average Bonchev–Trinajstić information content (AvgIpc) is 3.74. The van der Waals surface area contributed by atoms with E-state index >= 15 is 0 Å². The van der Waals surface area contributed by atoms with Crippen molar-refractivity contribution in [1.29, 1.82) is 0 Å². The molecule has 0 unspecified atom stereocenters. The van der Waals surface area contributed by atoms with Gasteiger partial charge in [0.2, 0.25) is 0 Å². The van der Waals surface area contributed by atoms with Gasteiger partial charge in [0, 0.05) is 75.9 Å². The molecular formula is C68H63N3O4. The quantitative estimate of drug-likeness (QED) is 0.160. The van der Waals surface area contributed by atoms with Crippen LogP contribution in [0.25, 0.3) is 93.9 Å². The minimum atomic E-state index is -0.303. The molecular weight excluding hydrogens is 923 g/mol. The Balaban J connectivity index is 0.815. The van der Waals surface area contributed by atoms with Crippen LogP contribution in [0.3, 0.4) is 0 Å². The molecule has 4 aliphatic rings. The van der Waals surface area contributed by atoms with Crippen molar-refractivity contribution < 1.29 is 8.83 Å². The second-order valence-corrected chi connectivity index (χ2v) is 24.8. The van der Waals surface area contributed by atoms with Gasteiger partial charge in [-0.3, -0.25) is 0 Å². The molecule has 0 aliphatic carbocycles. The third kappa shape index (κ3) is 6.99. The molecule has 0 radical (unpaired) electrons. The molecule has 0 spiro atoms. The molecule has 0 atom stereocenters. The van der Waals surface area contributed by atoms with Crippen molar-refractivity contribution in [2.75, 3.05) is 36.0 Å². The zero-order valence-electron chi connectivity index (χ0n) is 44.4. The molecule has 0 N–H and O–H groups in total. The normalized spacial score (nSPS) is 17.9. The Morgan fingerprint density at radius 1 is 0.400 bits per heavy atom. The number of aromatic nitrogens is 1. The van der Waals surface area contributed by atoms with E-state index in [2.05, 4.69) is 209 Å². The molecule has 0 saturated carbocycles. The highest BCUT2D eigenvalue weighted by atomic mass is 16.4. The van der Waals surface area contributed by atoms with E-state index in [0.717, 1.165) is 124 Å². The van der Waals surface area contributed by atoms with Crippen molar-refractivity contribution in [2.45, 2.75) is 103 Å². The number of rotatable bonds is 5. The number of nitrogens with zero attached hydrogens (tertiary/aromatic N) is 3. The summed E-state index contributed by atoms with van der Waals surface area (Å²) in [7, 11) is 0. The van der Waals surface area contributed by atoms with E-state index in [1.165, 1.54) is 44.4 Å². The fourth-order valence-corrected chi connectivity index (χ4v) is 13.6. The maximum Gasteiger partial charge on any atom is 0.344 e. The average molecular weight is 986 g/mol. The number of para-hydroxylation sites is 1. The summed E-state index contributed by atoms with van der Waals surface area (Å²) in [5.74, 6) is 0. The van der Waals surface area contributed by atoms with Crippen LogP contribution in [0.1, 0.15) is 103 Å². The Hall–Kier alpha value is -7.64. The van der Waals surface area contributed by atoms with E-state index in [9.17, 15) is 9.59 Å². The molecule has 374 valence electrons. The van der Waals surface area contributed by atoms with Crippen molar-refractivity contribution in [3.8, 4) is 50.2 Å². The van der Waals surface area contributed by atoms with Gasteiger partial charge >= 0.3 is 11.3 Å². The first-order valence-electron chi connectivity index (χ1n) is 27.1. The SMILES string of the molecule is CC1(C)CCN2CCC(C)(C)c3c2c1cc1cc(-c2ccc(-c4ccc5c6ccc(-c7ccc(-c8cc9cc%10c%11c(c9oc8=O)C(C)(C)CCN%11CCC%10(C)C)cc7)cc6n(-c6ccccc6)c5c4)cc2)c(=O)oc31. The van der Waals surface area contributed by atoms with Crippen molar-refractivity contribution in [3.63, 3.8) is 0 Å². The van der Waals surface area contributed by atoms with Gasteiger partial charge in [0.25, 0.3) is 0 Å². The Bertz CT molecular complexity index is 3920. The second kappa shape index (κ2) is 15.9. The van der Waals surface area contributed by atoms with E-state index < -0.39 is 0 Å². The predicted octanol–water partition coefficient (Wildman–Crippen LogP) is 16.0. The highest BCUT2D eigenvalue weighted by molar-refractivity contribution is 6.11. The predicted molar refractivity (Wildman–Crippen MR) is 310 cm³/mol. The fraction of sp³-hybridized carbons (Fsp3) is 0.294. The molecule has 7 heterocycles. The summed E-state index contributed by atoms with van der Waals surface area (Å²) in [5, 5.41) is 4.32. The molecule has 10 aromatic rings. The Kier molecular flexibility index (Phi) is 9.76. The summed E-state index contributed by atoms with van der Waals surface area (Å²) in [6.07, 6.45) is 4.24. The number of hydrogen-bond donors (Lipinski definition) is 0. The lowest BCUT2D eigenvalue weighted by Crippen LogP contribution is -2.44. The molecule has 14 rings (SSSR count). The van der Waals surface area contributed by atoms with Crippen molar-refractivity contribution in [2.24, 2.45) is 0 Å². The lowest BCUT2D eigenvalue weighted by Gasteiger charge is -2.48. The van der Waals surface area contributed by atoms with Gasteiger partial charge in [0.15, 0.2) is 0 Å². The summed E-state index contributed by atoms with van der Waals surface area (Å²) in [6, 6.07) is 49.5. The summed E-state index contributed by atoms with van der Waals surface area (Å²) in [4.78, 5) is 33.0. The highest BCUT2D eigenvalue weighted by Gasteiger charge is 2.44. The lowest BCUT2D eigenvalue weighted by molar-refractivity contribution is 0.398. The van der Waals surface area contributed by atoms with Crippen LogP contribution in [0.2, 0.25) is 0 Å². The maximum atomic E-state index is 14.0. The van der Waals surface area contributed by atoms with Gasteiger partial charge in [-0.15, -0.1) is 0 Å². The van der Waals surface area contributed by atoms with Crippen LogP contribution in [-0.4, -0.2) is 30.7 Å². The topological polar surface area (TPSA) is 71.8 Å². The highest BCUT2D eigenvalue weighted by Crippen LogP contribution is 2.54. The van der Waals surface area contributed by atoms with Crippen LogP contribution < -0.4 is 21.1 Å². The number of benzene rings is 7. The molecule has 75 heavy (non-hydrogen) atoms. The standard InChI is InChI=1S/C68H63N3O4/c1-65(2)26-30-69-32-28-67(5,6)57-59(69)53(65)36-46-34-51(63(72)74-61(46)57)42-18-14-40(15-19-42)44-22-24-49-50-25-23-45(39-56(50)71(55(49)38-44)48-12-10-9-11-13-48)41-16-20-43(21-17-41)52-35-47-37-54-60-58(62(47)75-64(52)73)68(7,8)29-33-70(60)31-27-66(54,3)4/h9-25,34-39H,26-33H2,1-8H3. The van der Waals surface area contributed by atoms with Gasteiger partial charge in [-0.25, -0.2) is 9.59 Å². The van der Waals surface area contributed by atoms with Crippen LogP contribution in [0.5, 0.6) is 0 Å². The van der Waals surface area contributed by atoms with Crippen LogP contribution in [-0.2, 0) is 21.7 Å². The van der Waals surface area contributed by atoms with Crippen LogP contribution in [0.15, 0.2) is 158 Å². The van der Waals surface area contributed by atoms with Gasteiger partial charge < -0.3 is 23.2 Å². The van der Waals surface area contributed by atoms with Crippen LogP contribution >= 0.6 is 0 Å². The number of anilines is 2. The first kappa shape index (κ1) is 45.9. The van der Waals surface area contributed by atoms with Crippen molar-refractivity contribution in [1.82, 2.24) is 4.57 Å². The minimum absolute atomic E-state index is 0.0266. The molecule has 7 nitrogen and oxygen atoms in total. The third-order valence-corrected chi connectivity index (χ3v) is 18.3. The van der Waals surface area contributed by atoms with Crippen molar-refractivity contribution >= 4 is 55.1 Å². The second-order valence-electron chi connectivity index (χ2n) is 24.8. The molecule has 7 aromatic carbocycles. The maximum absolute atomic E-state index is 14.0. The molecule has 7 heteroatoms. The molecule has 0 saturated heterocycles. The van der Waals surface area contributed by atoms with Gasteiger partial charge in [0.05, 0.1) is 22.2 Å². The molecule has 0 fully saturated rings. The van der Waals surface area contributed by atoms with E-state index in [4.69, 9.17) is 8.83 Å². The molecule has 0 bridgehead atoms. The van der Waals surface area contributed by atoms with Gasteiger partial charge in [-0.2, -0.15) is 0 Å². The molecule has 4 aliphatic heterocycles. The zero-order valence-corrected chi connectivity index (χ0v) is 44.4. The summed E-state index contributed by atoms with van der Waals surface area (Å²) in [5.41, 5.74) is 18.8.